The number of nitrogens with two attached hydrogens (primary N) is 1. The Morgan fingerprint density at radius 1 is 1.42 bits per heavy atom. The molecule has 128 valence electrons. The van der Waals surface area contributed by atoms with Crippen molar-refractivity contribution in [3.8, 4) is 0 Å². The van der Waals surface area contributed by atoms with E-state index in [1.807, 2.05) is 12.1 Å². The molecule has 0 fully saturated rings. The molecule has 24 heavy (non-hydrogen) atoms. The summed E-state index contributed by atoms with van der Waals surface area (Å²) >= 11 is 6.29. The van der Waals surface area contributed by atoms with Crippen molar-refractivity contribution >= 4 is 17.5 Å². The Morgan fingerprint density at radius 3 is 2.88 bits per heavy atom. The maximum atomic E-state index is 11.9. The average Bonchev–Trinajstić information content (AvgIpc) is 2.92. The highest BCUT2D eigenvalue weighted by Crippen LogP contribution is 2.26. The number of carbonyl (C=O) groups is 1. The Balaban J connectivity index is 1.80. The van der Waals surface area contributed by atoms with Gasteiger partial charge in [-0.2, -0.15) is 0 Å². The van der Waals surface area contributed by atoms with E-state index in [9.17, 15) is 4.79 Å². The molecular weight excluding hydrogens is 324 g/mol. The van der Waals surface area contributed by atoms with E-state index in [4.69, 9.17) is 17.3 Å². The van der Waals surface area contributed by atoms with Crippen molar-refractivity contribution in [3.05, 3.63) is 52.1 Å². The van der Waals surface area contributed by atoms with Gasteiger partial charge < -0.3 is 10.7 Å². The summed E-state index contributed by atoms with van der Waals surface area (Å²) in [5.41, 5.74) is 8.92. The number of nitrogens with zero attached hydrogens (tertiary/aromatic N) is 2. The van der Waals surface area contributed by atoms with Gasteiger partial charge >= 0.3 is 0 Å². The predicted octanol–water partition coefficient (Wildman–Crippen LogP) is 2.82. The lowest BCUT2D eigenvalue weighted by Gasteiger charge is -2.34. The Labute approximate surface area is 147 Å². The fourth-order valence-corrected chi connectivity index (χ4v) is 3.44. The molecule has 1 atom stereocenters. The van der Waals surface area contributed by atoms with Gasteiger partial charge in [-0.1, -0.05) is 49.2 Å². The fraction of sp³-hybridized carbons (Fsp3) is 0.444. The minimum Gasteiger partial charge on any atom is -0.368 e. The first-order valence-corrected chi connectivity index (χ1v) is 8.79. The third kappa shape index (κ3) is 3.62. The number of fused-ring (bicyclic) bond motifs is 1. The third-order valence-electron chi connectivity index (χ3n) is 4.58. The summed E-state index contributed by atoms with van der Waals surface area (Å²) in [5, 5.41) is 0.489. The predicted molar refractivity (Wildman–Crippen MR) is 94.6 cm³/mol. The van der Waals surface area contributed by atoms with E-state index in [0.717, 1.165) is 30.8 Å². The molecule has 1 amide bonds. The van der Waals surface area contributed by atoms with Crippen LogP contribution in [0, 0.1) is 0 Å². The van der Waals surface area contributed by atoms with E-state index < -0.39 is 0 Å². The molecule has 2 aromatic rings. The lowest BCUT2D eigenvalue weighted by Crippen LogP contribution is -2.48. The number of nitrogens with one attached hydrogen (secondary N) is 1. The quantitative estimate of drug-likeness (QED) is 0.844. The van der Waals surface area contributed by atoms with E-state index in [2.05, 4.69) is 33.9 Å². The molecule has 1 unspecified atom stereocenters. The lowest BCUT2D eigenvalue weighted by atomic mass is 9.93. The molecule has 1 aromatic heterocycles. The molecule has 0 saturated heterocycles. The highest BCUT2D eigenvalue weighted by atomic mass is 35.5. The first-order chi connectivity index (χ1) is 11.6. The van der Waals surface area contributed by atoms with Crippen molar-refractivity contribution in [1.29, 1.82) is 0 Å². The zero-order chi connectivity index (χ0) is 17.1. The standard InChI is InChI=1S/C18H23ClN4O/c1-2-3-8-16-21-14(17(19)22-16)11-23-10-13-7-5-4-6-12(13)9-15(23)18(20)24/h4-7,15H,2-3,8-11H2,1H3,(H2,20,24)(H,21,22). The molecule has 0 bridgehead atoms. The maximum Gasteiger partial charge on any atom is 0.235 e. The van der Waals surface area contributed by atoms with Crippen LogP contribution < -0.4 is 5.73 Å². The number of primary amides is 1. The number of aryl methyl sites for hydroxylation is 1. The Morgan fingerprint density at radius 2 is 2.17 bits per heavy atom. The maximum absolute atomic E-state index is 11.9. The first-order valence-electron chi connectivity index (χ1n) is 8.42. The second kappa shape index (κ2) is 7.36. The van der Waals surface area contributed by atoms with E-state index in [-0.39, 0.29) is 11.9 Å². The van der Waals surface area contributed by atoms with Crippen LogP contribution in [0.1, 0.15) is 42.4 Å². The molecule has 0 radical (unpaired) electrons. The average molecular weight is 347 g/mol. The second-order valence-electron chi connectivity index (χ2n) is 6.35. The van der Waals surface area contributed by atoms with Crippen molar-refractivity contribution < 1.29 is 4.79 Å². The van der Waals surface area contributed by atoms with Gasteiger partial charge in [0.05, 0.1) is 11.7 Å². The third-order valence-corrected chi connectivity index (χ3v) is 4.89. The molecule has 6 heteroatoms. The number of imidazole rings is 1. The van der Waals surface area contributed by atoms with Crippen LogP contribution in [0.2, 0.25) is 5.15 Å². The minimum absolute atomic E-state index is 0.300. The Hall–Kier alpha value is -1.85. The molecule has 1 aliphatic heterocycles. The SMILES string of the molecule is CCCCc1nc(Cl)c(CN2Cc3ccccc3CC2C(N)=O)[nH]1. The van der Waals surface area contributed by atoms with Gasteiger partial charge in [0.1, 0.15) is 5.82 Å². The van der Waals surface area contributed by atoms with E-state index >= 15 is 0 Å². The monoisotopic (exact) mass is 346 g/mol. The van der Waals surface area contributed by atoms with Crippen LogP contribution in [0.25, 0.3) is 0 Å². The van der Waals surface area contributed by atoms with Gasteiger partial charge in [0.2, 0.25) is 5.91 Å². The van der Waals surface area contributed by atoms with Crippen LogP contribution in [0.4, 0.5) is 0 Å². The number of H-pyrrole nitrogens is 1. The summed E-state index contributed by atoms with van der Waals surface area (Å²) in [6, 6.07) is 7.86. The summed E-state index contributed by atoms with van der Waals surface area (Å²) in [5.74, 6) is 0.608. The van der Waals surface area contributed by atoms with Crippen LogP contribution in [0.15, 0.2) is 24.3 Å². The molecule has 0 aliphatic carbocycles. The van der Waals surface area contributed by atoms with Gasteiger partial charge in [0.15, 0.2) is 5.15 Å². The largest absolute Gasteiger partial charge is 0.368 e. The number of hydrogen-bond acceptors (Lipinski definition) is 3. The number of hydrogen-bond donors (Lipinski definition) is 2. The molecule has 5 nitrogen and oxygen atoms in total. The van der Waals surface area contributed by atoms with Crippen LogP contribution >= 0.6 is 11.6 Å². The van der Waals surface area contributed by atoms with Gasteiger partial charge in [-0.05, 0) is 24.0 Å². The topological polar surface area (TPSA) is 75.0 Å². The fourth-order valence-electron chi connectivity index (χ4n) is 3.23. The van der Waals surface area contributed by atoms with Crippen molar-refractivity contribution in [2.75, 3.05) is 0 Å². The molecule has 1 aromatic carbocycles. The molecular formula is C18H23ClN4O. The number of benzene rings is 1. The summed E-state index contributed by atoms with van der Waals surface area (Å²) in [7, 11) is 0. The molecule has 3 N–H and O–H groups in total. The summed E-state index contributed by atoms with van der Waals surface area (Å²) in [6.07, 6.45) is 3.71. The van der Waals surface area contributed by atoms with Gasteiger partial charge in [0.25, 0.3) is 0 Å². The zero-order valence-corrected chi connectivity index (χ0v) is 14.6. The van der Waals surface area contributed by atoms with E-state index in [0.29, 0.717) is 24.7 Å². The van der Waals surface area contributed by atoms with Gasteiger partial charge in [-0.25, -0.2) is 4.98 Å². The van der Waals surface area contributed by atoms with Crippen LogP contribution in [0.3, 0.4) is 0 Å². The number of carbonyl (C=O) groups excluding carboxylic acids is 1. The minimum atomic E-state index is -0.321. The number of aromatic nitrogens is 2. The highest BCUT2D eigenvalue weighted by Gasteiger charge is 2.30. The second-order valence-corrected chi connectivity index (χ2v) is 6.71. The van der Waals surface area contributed by atoms with Crippen molar-refractivity contribution in [1.82, 2.24) is 14.9 Å². The summed E-state index contributed by atoms with van der Waals surface area (Å²) < 4.78 is 0. The Kier molecular flexibility index (Phi) is 5.21. The highest BCUT2D eigenvalue weighted by molar-refractivity contribution is 6.30. The smallest absolute Gasteiger partial charge is 0.235 e. The van der Waals surface area contributed by atoms with Crippen LogP contribution in [-0.2, 0) is 30.7 Å². The molecule has 1 aliphatic rings. The molecule has 2 heterocycles. The summed E-state index contributed by atoms with van der Waals surface area (Å²) in [4.78, 5) is 21.7. The van der Waals surface area contributed by atoms with Crippen LogP contribution in [0.5, 0.6) is 0 Å². The van der Waals surface area contributed by atoms with Gasteiger partial charge in [-0.3, -0.25) is 9.69 Å². The molecule has 3 rings (SSSR count). The van der Waals surface area contributed by atoms with Crippen molar-refractivity contribution in [3.63, 3.8) is 0 Å². The number of unbranched alkanes of at least 4 members (excludes halogenated alkanes) is 1. The lowest BCUT2D eigenvalue weighted by molar-refractivity contribution is -0.124. The van der Waals surface area contributed by atoms with Crippen LogP contribution in [-0.4, -0.2) is 26.8 Å². The normalized spacial score (nSPS) is 17.7. The number of halogens is 1. The molecule has 0 saturated carbocycles. The number of amides is 1. The van der Waals surface area contributed by atoms with Crippen molar-refractivity contribution in [2.45, 2.75) is 51.7 Å². The summed E-state index contributed by atoms with van der Waals surface area (Å²) in [6.45, 7) is 3.37. The van der Waals surface area contributed by atoms with Gasteiger partial charge in [0, 0.05) is 19.5 Å². The number of rotatable bonds is 6. The first kappa shape index (κ1) is 17.0. The van der Waals surface area contributed by atoms with E-state index in [1.54, 1.807) is 0 Å². The van der Waals surface area contributed by atoms with Crippen molar-refractivity contribution in [2.24, 2.45) is 5.73 Å². The zero-order valence-electron chi connectivity index (χ0n) is 13.9. The van der Waals surface area contributed by atoms with Gasteiger partial charge in [-0.15, -0.1) is 0 Å². The number of aromatic amines is 1. The Bertz CT molecular complexity index is 728. The van der Waals surface area contributed by atoms with E-state index in [1.165, 1.54) is 11.1 Å². The molecule has 0 spiro atoms.